The van der Waals surface area contributed by atoms with Crippen molar-refractivity contribution in [2.45, 2.75) is 31.7 Å². The number of hydrogen-bond donors (Lipinski definition) is 1. The van der Waals surface area contributed by atoms with E-state index in [-0.39, 0.29) is 23.8 Å². The second-order valence-electron chi connectivity index (χ2n) is 6.85. The normalized spacial score (nSPS) is 22.6. The van der Waals surface area contributed by atoms with Crippen LogP contribution in [0.1, 0.15) is 30.9 Å². The van der Waals surface area contributed by atoms with Gasteiger partial charge in [-0.2, -0.15) is 5.10 Å². The van der Waals surface area contributed by atoms with E-state index in [4.69, 9.17) is 0 Å². The summed E-state index contributed by atoms with van der Waals surface area (Å²) in [6, 6.07) is 10.0. The molecule has 1 aromatic carbocycles. The van der Waals surface area contributed by atoms with Gasteiger partial charge < -0.3 is 10.2 Å². The predicted octanol–water partition coefficient (Wildman–Crippen LogP) is 2.25. The number of fused-ring (bicyclic) bond motifs is 1. The second-order valence-corrected chi connectivity index (χ2v) is 6.85. The molecule has 1 saturated heterocycles. The highest BCUT2D eigenvalue weighted by molar-refractivity contribution is 5.96. The monoisotopic (exact) mass is 338 g/mol. The molecular formula is C19H22N4O2. The highest BCUT2D eigenvalue weighted by atomic mass is 16.2. The number of nitrogens with one attached hydrogen (secondary N) is 1. The van der Waals surface area contributed by atoms with E-state index in [0.717, 1.165) is 24.2 Å². The van der Waals surface area contributed by atoms with E-state index < -0.39 is 0 Å². The van der Waals surface area contributed by atoms with E-state index in [9.17, 15) is 9.59 Å². The number of benzene rings is 1. The zero-order valence-corrected chi connectivity index (χ0v) is 14.1. The quantitative estimate of drug-likeness (QED) is 0.930. The Morgan fingerprint density at radius 1 is 1.28 bits per heavy atom. The molecule has 2 unspecified atom stereocenters. The Balaban J connectivity index is 1.31. The molecule has 2 aromatic rings. The highest BCUT2D eigenvalue weighted by Gasteiger charge is 2.30. The smallest absolute Gasteiger partial charge is 0.227 e. The summed E-state index contributed by atoms with van der Waals surface area (Å²) in [4.78, 5) is 26.7. The van der Waals surface area contributed by atoms with Crippen LogP contribution >= 0.6 is 0 Å². The van der Waals surface area contributed by atoms with E-state index in [2.05, 4.69) is 10.4 Å². The lowest BCUT2D eigenvalue weighted by atomic mass is 9.89. The van der Waals surface area contributed by atoms with Gasteiger partial charge in [0.1, 0.15) is 0 Å². The molecule has 130 valence electrons. The van der Waals surface area contributed by atoms with E-state index >= 15 is 0 Å². The summed E-state index contributed by atoms with van der Waals surface area (Å²) in [5, 5.41) is 7.22. The lowest BCUT2D eigenvalue weighted by Crippen LogP contribution is -2.33. The lowest BCUT2D eigenvalue weighted by Gasteiger charge is -2.25. The Labute approximate surface area is 146 Å². The van der Waals surface area contributed by atoms with Crippen molar-refractivity contribution in [3.63, 3.8) is 0 Å². The summed E-state index contributed by atoms with van der Waals surface area (Å²) in [5.74, 6) is 0.0482. The van der Waals surface area contributed by atoms with Crippen molar-refractivity contribution in [1.29, 1.82) is 0 Å². The first-order valence-corrected chi connectivity index (χ1v) is 8.86. The molecule has 1 aromatic heterocycles. The number of rotatable bonds is 4. The molecule has 0 radical (unpaired) electrons. The van der Waals surface area contributed by atoms with Gasteiger partial charge in [-0.05, 0) is 37.0 Å². The van der Waals surface area contributed by atoms with Crippen LogP contribution in [-0.2, 0) is 16.0 Å². The van der Waals surface area contributed by atoms with Gasteiger partial charge in [-0.15, -0.1) is 0 Å². The van der Waals surface area contributed by atoms with Crippen molar-refractivity contribution in [2.24, 2.45) is 5.92 Å². The number of likely N-dealkylation sites (tertiary alicyclic amines) is 1. The van der Waals surface area contributed by atoms with E-state index in [1.54, 1.807) is 6.20 Å². The van der Waals surface area contributed by atoms with Crippen molar-refractivity contribution in [3.05, 3.63) is 48.3 Å². The summed E-state index contributed by atoms with van der Waals surface area (Å²) in [5.41, 5.74) is 2.05. The standard InChI is InChI=1S/C19H22N4O2/c24-18(22-11-8-16(13-22)23-10-3-9-20-23)7-6-15-12-14-4-1-2-5-17(14)21-19(15)25/h1-5,9-10,15-16H,6-8,11-13H2,(H,21,25). The van der Waals surface area contributed by atoms with Crippen LogP contribution in [0.3, 0.4) is 0 Å². The van der Waals surface area contributed by atoms with Gasteiger partial charge >= 0.3 is 0 Å². The fourth-order valence-electron chi connectivity index (χ4n) is 3.78. The average molecular weight is 338 g/mol. The van der Waals surface area contributed by atoms with Crippen molar-refractivity contribution in [3.8, 4) is 0 Å². The molecule has 1 N–H and O–H groups in total. The van der Waals surface area contributed by atoms with E-state index in [1.165, 1.54) is 0 Å². The average Bonchev–Trinajstić information content (AvgIpc) is 3.30. The number of carbonyl (C=O) groups excluding carboxylic acids is 2. The number of para-hydroxylation sites is 1. The van der Waals surface area contributed by atoms with Crippen LogP contribution in [0.5, 0.6) is 0 Å². The van der Waals surface area contributed by atoms with Crippen LogP contribution in [-0.4, -0.2) is 39.6 Å². The molecule has 3 heterocycles. The summed E-state index contributed by atoms with van der Waals surface area (Å²) < 4.78 is 1.93. The molecule has 2 aliphatic heterocycles. The molecule has 2 aliphatic rings. The molecule has 0 bridgehead atoms. The van der Waals surface area contributed by atoms with Crippen molar-refractivity contribution in [1.82, 2.24) is 14.7 Å². The number of anilines is 1. The second kappa shape index (κ2) is 6.70. The largest absolute Gasteiger partial charge is 0.340 e. The summed E-state index contributed by atoms with van der Waals surface area (Å²) >= 11 is 0. The van der Waals surface area contributed by atoms with E-state index in [0.29, 0.717) is 25.8 Å². The molecule has 0 spiro atoms. The number of amides is 2. The van der Waals surface area contributed by atoms with Crippen LogP contribution in [0.15, 0.2) is 42.7 Å². The van der Waals surface area contributed by atoms with Crippen molar-refractivity contribution >= 4 is 17.5 Å². The maximum Gasteiger partial charge on any atom is 0.227 e. The van der Waals surface area contributed by atoms with Gasteiger partial charge in [0.15, 0.2) is 0 Å². The fourth-order valence-corrected chi connectivity index (χ4v) is 3.78. The molecule has 0 aliphatic carbocycles. The fraction of sp³-hybridized carbons (Fsp3) is 0.421. The van der Waals surface area contributed by atoms with Crippen molar-refractivity contribution in [2.75, 3.05) is 18.4 Å². The minimum atomic E-state index is -0.122. The van der Waals surface area contributed by atoms with Gasteiger partial charge in [-0.3, -0.25) is 14.3 Å². The van der Waals surface area contributed by atoms with Gasteiger partial charge in [0, 0.05) is 43.5 Å². The predicted molar refractivity (Wildman–Crippen MR) is 94.0 cm³/mol. The first kappa shape index (κ1) is 15.9. The van der Waals surface area contributed by atoms with Gasteiger partial charge in [0.05, 0.1) is 6.04 Å². The van der Waals surface area contributed by atoms with Gasteiger partial charge in [0.25, 0.3) is 0 Å². The minimum absolute atomic E-state index is 0.0299. The molecule has 4 rings (SSSR count). The Morgan fingerprint density at radius 3 is 3.00 bits per heavy atom. The van der Waals surface area contributed by atoms with Gasteiger partial charge in [0.2, 0.25) is 11.8 Å². The highest BCUT2D eigenvalue weighted by Crippen LogP contribution is 2.28. The third-order valence-corrected chi connectivity index (χ3v) is 5.23. The third-order valence-electron chi connectivity index (χ3n) is 5.23. The van der Waals surface area contributed by atoms with Crippen LogP contribution in [0.2, 0.25) is 0 Å². The van der Waals surface area contributed by atoms with E-state index in [1.807, 2.05) is 46.1 Å². The van der Waals surface area contributed by atoms with Crippen LogP contribution in [0, 0.1) is 5.92 Å². The lowest BCUT2D eigenvalue weighted by molar-refractivity contribution is -0.130. The van der Waals surface area contributed by atoms with Gasteiger partial charge in [-0.1, -0.05) is 18.2 Å². The molecule has 0 saturated carbocycles. The van der Waals surface area contributed by atoms with Crippen LogP contribution in [0.25, 0.3) is 0 Å². The zero-order chi connectivity index (χ0) is 17.2. The molecule has 6 nitrogen and oxygen atoms in total. The summed E-state index contributed by atoms with van der Waals surface area (Å²) in [6.45, 7) is 1.48. The Hall–Kier alpha value is -2.63. The van der Waals surface area contributed by atoms with Crippen molar-refractivity contribution < 1.29 is 9.59 Å². The zero-order valence-electron chi connectivity index (χ0n) is 14.1. The molecule has 2 amide bonds. The number of nitrogens with zero attached hydrogens (tertiary/aromatic N) is 3. The molecule has 6 heteroatoms. The van der Waals surface area contributed by atoms with Crippen LogP contribution < -0.4 is 5.32 Å². The van der Waals surface area contributed by atoms with Gasteiger partial charge in [-0.25, -0.2) is 0 Å². The number of carbonyl (C=O) groups is 2. The summed E-state index contributed by atoms with van der Waals surface area (Å²) in [7, 11) is 0. The topological polar surface area (TPSA) is 67.2 Å². The Morgan fingerprint density at radius 2 is 2.16 bits per heavy atom. The first-order valence-electron chi connectivity index (χ1n) is 8.86. The maximum absolute atomic E-state index is 12.5. The third kappa shape index (κ3) is 3.29. The number of aromatic nitrogens is 2. The Bertz CT molecular complexity index is 771. The molecule has 25 heavy (non-hydrogen) atoms. The minimum Gasteiger partial charge on any atom is -0.340 e. The molecule has 2 atom stereocenters. The number of hydrogen-bond acceptors (Lipinski definition) is 3. The van der Waals surface area contributed by atoms with Crippen LogP contribution in [0.4, 0.5) is 5.69 Å². The Kier molecular flexibility index (Phi) is 4.26. The maximum atomic E-state index is 12.5. The molecular weight excluding hydrogens is 316 g/mol. The SMILES string of the molecule is O=C1Nc2ccccc2CC1CCC(=O)N1CCC(n2cccn2)C1. The summed E-state index contributed by atoms with van der Waals surface area (Å²) in [6.07, 6.45) is 6.39. The molecule has 1 fully saturated rings. The first-order chi connectivity index (χ1) is 12.2.